The highest BCUT2D eigenvalue weighted by molar-refractivity contribution is 6.29. The predicted molar refractivity (Wildman–Crippen MR) is 62.5 cm³/mol. The van der Waals surface area contributed by atoms with Crippen molar-refractivity contribution in [2.75, 3.05) is 0 Å². The van der Waals surface area contributed by atoms with Gasteiger partial charge in [-0.3, -0.25) is 4.79 Å². The lowest BCUT2D eigenvalue weighted by Crippen LogP contribution is -2.40. The first-order valence-electron chi connectivity index (χ1n) is 5.21. The number of hydrogen-bond donors (Lipinski definition) is 1. The van der Waals surface area contributed by atoms with E-state index in [2.05, 4.69) is 10.5 Å². The predicted octanol–water partition coefficient (Wildman–Crippen LogP) is 2.48. The molecule has 5 heteroatoms. The zero-order chi connectivity index (χ0) is 12.3. The van der Waals surface area contributed by atoms with Crippen molar-refractivity contribution in [1.29, 1.82) is 0 Å². The lowest BCUT2D eigenvalue weighted by atomic mass is 10.1. The second kappa shape index (κ2) is 4.87. The molecule has 0 aromatic carbocycles. The summed E-state index contributed by atoms with van der Waals surface area (Å²) in [5.74, 6) is 0.00386. The summed E-state index contributed by atoms with van der Waals surface area (Å²) in [6.45, 7) is 7.65. The number of carbonyl (C=O) groups is 1. The first-order valence-corrected chi connectivity index (χ1v) is 5.59. The molecule has 1 amide bonds. The third-order valence-electron chi connectivity index (χ3n) is 2.05. The Labute approximate surface area is 100 Å². The van der Waals surface area contributed by atoms with E-state index in [0.29, 0.717) is 12.8 Å². The van der Waals surface area contributed by atoms with Gasteiger partial charge < -0.3 is 9.84 Å². The molecule has 0 fully saturated rings. The Kier molecular flexibility index (Phi) is 3.97. The van der Waals surface area contributed by atoms with Crippen LogP contribution in [-0.4, -0.2) is 16.6 Å². The van der Waals surface area contributed by atoms with Crippen LogP contribution in [0, 0.1) is 6.92 Å². The van der Waals surface area contributed by atoms with E-state index in [1.54, 1.807) is 0 Å². The third kappa shape index (κ3) is 3.85. The largest absolute Gasteiger partial charge is 0.351 e. The molecule has 1 heterocycles. The van der Waals surface area contributed by atoms with Crippen LogP contribution in [0.1, 0.15) is 38.4 Å². The molecule has 1 rings (SSSR count). The number of nitrogens with zero attached hydrogens (tertiary/aromatic N) is 1. The highest BCUT2D eigenvalue weighted by Crippen LogP contribution is 2.20. The highest BCUT2D eigenvalue weighted by Gasteiger charge is 2.16. The fourth-order valence-corrected chi connectivity index (χ4v) is 1.63. The molecule has 1 aromatic rings. The van der Waals surface area contributed by atoms with Gasteiger partial charge in [0.2, 0.25) is 11.1 Å². The smallest absolute Gasteiger partial charge is 0.229 e. The highest BCUT2D eigenvalue weighted by atomic mass is 35.5. The fraction of sp³-hybridized carbons (Fsp3) is 0.636. The number of aromatic nitrogens is 1. The number of carbonyl (C=O) groups excluding carboxylic acids is 1. The maximum atomic E-state index is 11.6. The summed E-state index contributed by atoms with van der Waals surface area (Å²) in [5, 5.41) is 6.90. The molecule has 0 unspecified atom stereocenters. The molecule has 1 aromatic heterocycles. The Morgan fingerprint density at radius 1 is 1.50 bits per heavy atom. The van der Waals surface area contributed by atoms with Crippen molar-refractivity contribution in [2.24, 2.45) is 0 Å². The third-order valence-corrected chi connectivity index (χ3v) is 2.35. The van der Waals surface area contributed by atoms with Gasteiger partial charge in [-0.1, -0.05) is 5.16 Å². The molecule has 0 aliphatic carbocycles. The van der Waals surface area contributed by atoms with Crippen molar-refractivity contribution in [3.63, 3.8) is 0 Å². The second-order valence-corrected chi connectivity index (χ2v) is 5.16. The summed E-state index contributed by atoms with van der Waals surface area (Å²) in [4.78, 5) is 11.6. The van der Waals surface area contributed by atoms with Gasteiger partial charge >= 0.3 is 0 Å². The van der Waals surface area contributed by atoms with Crippen LogP contribution < -0.4 is 5.32 Å². The van der Waals surface area contributed by atoms with Crippen LogP contribution in [-0.2, 0) is 11.2 Å². The van der Waals surface area contributed by atoms with E-state index < -0.39 is 0 Å². The number of nitrogens with one attached hydrogen (secondary N) is 1. The van der Waals surface area contributed by atoms with Crippen LogP contribution in [0.5, 0.6) is 0 Å². The lowest BCUT2D eigenvalue weighted by Gasteiger charge is -2.20. The van der Waals surface area contributed by atoms with E-state index in [9.17, 15) is 4.79 Å². The van der Waals surface area contributed by atoms with Crippen LogP contribution in [0.25, 0.3) is 0 Å². The van der Waals surface area contributed by atoms with Crippen LogP contribution in [0.15, 0.2) is 4.52 Å². The van der Waals surface area contributed by atoms with Gasteiger partial charge in [0.15, 0.2) is 0 Å². The molecule has 0 saturated carbocycles. The monoisotopic (exact) mass is 244 g/mol. The summed E-state index contributed by atoms with van der Waals surface area (Å²) in [6, 6.07) is 0. The van der Waals surface area contributed by atoms with Crippen molar-refractivity contribution < 1.29 is 9.32 Å². The van der Waals surface area contributed by atoms with Gasteiger partial charge in [0.25, 0.3) is 0 Å². The number of rotatable bonds is 3. The van der Waals surface area contributed by atoms with E-state index in [-0.39, 0.29) is 16.7 Å². The molecule has 0 aliphatic heterocycles. The Balaban J connectivity index is 2.50. The van der Waals surface area contributed by atoms with Crippen molar-refractivity contribution >= 4 is 17.5 Å². The Bertz CT molecular complexity index is 360. The second-order valence-electron chi connectivity index (χ2n) is 4.82. The molecule has 0 spiro atoms. The topological polar surface area (TPSA) is 55.1 Å². The van der Waals surface area contributed by atoms with E-state index in [4.69, 9.17) is 16.1 Å². The Hall–Kier alpha value is -1.03. The van der Waals surface area contributed by atoms with Crippen LogP contribution >= 0.6 is 11.6 Å². The van der Waals surface area contributed by atoms with Crippen molar-refractivity contribution in [3.8, 4) is 0 Å². The summed E-state index contributed by atoms with van der Waals surface area (Å²) in [6.07, 6.45) is 0.940. The number of halogens is 1. The zero-order valence-corrected chi connectivity index (χ0v) is 10.8. The first-order chi connectivity index (χ1) is 7.29. The molecule has 16 heavy (non-hydrogen) atoms. The Morgan fingerprint density at radius 3 is 2.56 bits per heavy atom. The average Bonchev–Trinajstić information content (AvgIpc) is 2.41. The standard InChI is InChI=1S/C11H17ClN2O2/c1-7-8(10(12)16-14-7)5-6-9(15)13-11(2,3)4/h5-6H2,1-4H3,(H,13,15). The average molecular weight is 245 g/mol. The minimum Gasteiger partial charge on any atom is -0.351 e. The van der Waals surface area contributed by atoms with Gasteiger partial charge in [-0.05, 0) is 45.7 Å². The van der Waals surface area contributed by atoms with Gasteiger partial charge in [0, 0.05) is 17.5 Å². The van der Waals surface area contributed by atoms with E-state index in [0.717, 1.165) is 11.3 Å². The van der Waals surface area contributed by atoms with Crippen molar-refractivity contribution in [3.05, 3.63) is 16.5 Å². The molecule has 0 atom stereocenters. The van der Waals surface area contributed by atoms with Gasteiger partial charge in [-0.15, -0.1) is 0 Å². The summed E-state index contributed by atoms with van der Waals surface area (Å²) in [5.41, 5.74) is 1.35. The van der Waals surface area contributed by atoms with Crippen molar-refractivity contribution in [1.82, 2.24) is 10.5 Å². The molecule has 4 nitrogen and oxygen atoms in total. The normalized spacial score (nSPS) is 11.6. The van der Waals surface area contributed by atoms with Crippen LogP contribution in [0.3, 0.4) is 0 Å². The van der Waals surface area contributed by atoms with Gasteiger partial charge in [0.1, 0.15) is 0 Å². The fourth-order valence-electron chi connectivity index (χ4n) is 1.36. The molecule has 1 N–H and O–H groups in total. The molecule has 0 bridgehead atoms. The molecular formula is C11H17ClN2O2. The summed E-state index contributed by atoms with van der Waals surface area (Å²) >= 11 is 5.80. The zero-order valence-electron chi connectivity index (χ0n) is 10.1. The van der Waals surface area contributed by atoms with Gasteiger partial charge in [0.05, 0.1) is 5.69 Å². The first kappa shape index (κ1) is 13.0. The van der Waals surface area contributed by atoms with Crippen LogP contribution in [0.4, 0.5) is 0 Å². The van der Waals surface area contributed by atoms with Gasteiger partial charge in [-0.2, -0.15) is 0 Å². The summed E-state index contributed by atoms with van der Waals surface area (Å²) < 4.78 is 4.81. The molecule has 0 saturated heterocycles. The van der Waals surface area contributed by atoms with Crippen LogP contribution in [0.2, 0.25) is 5.22 Å². The maximum absolute atomic E-state index is 11.6. The van der Waals surface area contributed by atoms with E-state index in [1.165, 1.54) is 0 Å². The minimum atomic E-state index is -0.204. The maximum Gasteiger partial charge on any atom is 0.229 e. The molecule has 0 aliphatic rings. The van der Waals surface area contributed by atoms with Gasteiger partial charge in [-0.25, -0.2) is 0 Å². The summed E-state index contributed by atoms with van der Waals surface area (Å²) in [7, 11) is 0. The van der Waals surface area contributed by atoms with E-state index in [1.807, 2.05) is 27.7 Å². The number of amides is 1. The quantitative estimate of drug-likeness (QED) is 0.889. The SMILES string of the molecule is Cc1noc(Cl)c1CCC(=O)NC(C)(C)C. The van der Waals surface area contributed by atoms with E-state index >= 15 is 0 Å². The van der Waals surface area contributed by atoms with Crippen molar-refractivity contribution in [2.45, 2.75) is 46.1 Å². The molecule has 0 radical (unpaired) electrons. The molecule has 90 valence electrons. The number of aryl methyl sites for hydroxylation is 1. The Morgan fingerprint density at radius 2 is 2.12 bits per heavy atom. The number of hydrogen-bond acceptors (Lipinski definition) is 3. The minimum absolute atomic E-state index is 0.00386. The molecular weight excluding hydrogens is 228 g/mol. The lowest BCUT2D eigenvalue weighted by molar-refractivity contribution is -0.122.